The standard InChI is InChI=1S/C46H70N8O12/c1-10-25(6)37-46(65)66-39-26(7)22-53(43(62)30(48-27(8)55)15-17-35(47)57)38(39)42(61)50-32(19-23(2)3)40(59)49-31-16-18-36(58)54(44(31)63)34(20-24(4)5)45(64)52(9)33(41(60)51-37)21-28-11-13-29(56)14-12-28/h11-14,23-26,30-34,36-39,56,58H,10,15-22H2,1-9H3,(H2,47,57)(H,48,55)(H,49,59)(H,50,61)(H,51,60)/t25-,26?,30-,31-,32-,33-,34-,36+,37-,38-,39-/m0/s1. The van der Waals surface area contributed by atoms with Crippen LogP contribution in [0.5, 0.6) is 5.75 Å². The van der Waals surface area contributed by atoms with E-state index in [1.54, 1.807) is 32.9 Å². The zero-order valence-corrected chi connectivity index (χ0v) is 39.6. The van der Waals surface area contributed by atoms with Crippen molar-refractivity contribution in [3.8, 4) is 5.75 Å². The lowest BCUT2D eigenvalue weighted by molar-refractivity contribution is -0.166. The Hall–Kier alpha value is -5.79. The number of primary amides is 1. The second kappa shape index (κ2) is 23.1. The van der Waals surface area contributed by atoms with Crippen molar-refractivity contribution >= 4 is 53.2 Å². The highest BCUT2D eigenvalue weighted by Gasteiger charge is 2.52. The summed E-state index contributed by atoms with van der Waals surface area (Å²) in [5.74, 6) is -8.69. The minimum absolute atomic E-state index is 0.0117. The number of carbonyl (C=O) groups is 9. The lowest BCUT2D eigenvalue weighted by Crippen LogP contribution is -2.65. The molecule has 0 aliphatic carbocycles. The molecule has 8 N–H and O–H groups in total. The fourth-order valence-corrected chi connectivity index (χ4v) is 8.89. The van der Waals surface area contributed by atoms with Gasteiger partial charge in [-0.25, -0.2) is 4.79 Å². The van der Waals surface area contributed by atoms with E-state index in [0.29, 0.717) is 12.0 Å². The van der Waals surface area contributed by atoms with E-state index < -0.39 is 120 Å². The third-order valence-electron chi connectivity index (χ3n) is 12.7. The first-order chi connectivity index (χ1) is 30.9. The number of fused-ring (bicyclic) bond motifs is 3. The number of aromatic hydroxyl groups is 1. The molecule has 3 aliphatic heterocycles. The van der Waals surface area contributed by atoms with Gasteiger partial charge >= 0.3 is 5.97 Å². The molecule has 0 aromatic heterocycles. The van der Waals surface area contributed by atoms with Crippen molar-refractivity contribution in [3.63, 3.8) is 0 Å². The predicted molar refractivity (Wildman–Crippen MR) is 239 cm³/mol. The van der Waals surface area contributed by atoms with Crippen LogP contribution >= 0.6 is 0 Å². The molecule has 2 bridgehead atoms. The maximum atomic E-state index is 14.8. The van der Waals surface area contributed by atoms with Crippen LogP contribution in [-0.2, 0) is 54.3 Å². The summed E-state index contributed by atoms with van der Waals surface area (Å²) in [6, 6.07) is -3.46. The van der Waals surface area contributed by atoms with Crippen LogP contribution < -0.4 is 27.0 Å². The fourth-order valence-electron chi connectivity index (χ4n) is 8.89. The molecular weight excluding hydrogens is 857 g/mol. The number of nitrogens with zero attached hydrogens (tertiary/aromatic N) is 3. The van der Waals surface area contributed by atoms with Crippen molar-refractivity contribution in [2.75, 3.05) is 13.6 Å². The lowest BCUT2D eigenvalue weighted by atomic mass is 9.94. The SMILES string of the molecule is CC[C@H](C)[C@@H]1NC(=O)[C@H](Cc2ccc(O)cc2)N(C)C(=O)[C@H](CC(C)C)N2C(=O)[C@H](CC[C@H]2O)NC(=O)[C@H](CC(C)C)NC(=O)[C@@H]2[C@@H](OC1=O)C(C)CN2C(=O)[C@H](CCC(N)=O)NC(C)=O. The Morgan fingerprint density at radius 2 is 1.52 bits per heavy atom. The van der Waals surface area contributed by atoms with Crippen LogP contribution in [0.4, 0.5) is 0 Å². The van der Waals surface area contributed by atoms with Gasteiger partial charge in [-0.05, 0) is 67.6 Å². The van der Waals surface area contributed by atoms with E-state index >= 15 is 0 Å². The molecule has 3 aliphatic rings. The molecule has 1 unspecified atom stereocenters. The highest BCUT2D eigenvalue weighted by atomic mass is 16.5. The molecule has 4 rings (SSSR count). The Balaban J connectivity index is 1.92. The van der Waals surface area contributed by atoms with E-state index in [1.165, 1.54) is 31.0 Å². The molecule has 11 atom stereocenters. The zero-order chi connectivity index (χ0) is 49.3. The van der Waals surface area contributed by atoms with Gasteiger partial charge in [-0.2, -0.15) is 0 Å². The Labute approximate surface area is 386 Å². The number of esters is 1. The molecule has 1 aromatic rings. The summed E-state index contributed by atoms with van der Waals surface area (Å²) in [5, 5.41) is 32.3. The van der Waals surface area contributed by atoms with Gasteiger partial charge in [-0.15, -0.1) is 0 Å². The van der Waals surface area contributed by atoms with E-state index in [-0.39, 0.29) is 69.1 Å². The van der Waals surface area contributed by atoms with Crippen molar-refractivity contribution < 1.29 is 58.1 Å². The van der Waals surface area contributed by atoms with Crippen LogP contribution in [0.3, 0.4) is 0 Å². The maximum Gasteiger partial charge on any atom is 0.329 e. The molecule has 0 spiro atoms. The summed E-state index contributed by atoms with van der Waals surface area (Å²) in [4.78, 5) is 130. The van der Waals surface area contributed by atoms with Gasteiger partial charge in [0.25, 0.3) is 0 Å². The average Bonchev–Trinajstić information content (AvgIpc) is 3.57. The Bertz CT molecular complexity index is 1960. The molecule has 8 amide bonds. The number of amides is 8. The van der Waals surface area contributed by atoms with Crippen LogP contribution in [-0.4, -0.2) is 146 Å². The van der Waals surface area contributed by atoms with Crippen molar-refractivity contribution in [2.45, 2.75) is 161 Å². The van der Waals surface area contributed by atoms with Gasteiger partial charge in [-0.3, -0.25) is 38.4 Å². The minimum atomic E-state index is -1.59. The van der Waals surface area contributed by atoms with Crippen LogP contribution in [0.1, 0.15) is 106 Å². The van der Waals surface area contributed by atoms with Gasteiger partial charge in [-0.1, -0.05) is 67.0 Å². The number of aliphatic hydroxyl groups excluding tert-OH is 1. The smallest absolute Gasteiger partial charge is 0.329 e. The zero-order valence-electron chi connectivity index (χ0n) is 39.6. The summed E-state index contributed by atoms with van der Waals surface area (Å²) >= 11 is 0. The van der Waals surface area contributed by atoms with Gasteiger partial charge in [0.1, 0.15) is 60.4 Å². The van der Waals surface area contributed by atoms with E-state index in [4.69, 9.17) is 10.5 Å². The van der Waals surface area contributed by atoms with Gasteiger partial charge < -0.3 is 56.7 Å². The third-order valence-corrected chi connectivity index (χ3v) is 12.7. The minimum Gasteiger partial charge on any atom is -0.508 e. The number of hydrogen-bond donors (Lipinski definition) is 7. The first-order valence-corrected chi connectivity index (χ1v) is 23.0. The number of carbonyl (C=O) groups excluding carboxylic acids is 9. The number of rotatable bonds is 13. The number of nitrogens with one attached hydrogen (secondary N) is 4. The number of phenolic OH excluding ortho intramolecular Hbond substituents is 1. The average molecular weight is 927 g/mol. The molecule has 3 fully saturated rings. The number of phenols is 1. The quantitative estimate of drug-likeness (QED) is 0.131. The van der Waals surface area contributed by atoms with Crippen molar-refractivity contribution in [3.05, 3.63) is 29.8 Å². The van der Waals surface area contributed by atoms with E-state index in [0.717, 1.165) is 9.80 Å². The summed E-state index contributed by atoms with van der Waals surface area (Å²) in [5.41, 5.74) is 5.93. The van der Waals surface area contributed by atoms with E-state index in [9.17, 15) is 53.4 Å². The Morgan fingerprint density at radius 1 is 0.879 bits per heavy atom. The van der Waals surface area contributed by atoms with Crippen molar-refractivity contribution in [2.24, 2.45) is 29.4 Å². The van der Waals surface area contributed by atoms with Gasteiger partial charge in [0.2, 0.25) is 47.3 Å². The lowest BCUT2D eigenvalue weighted by Gasteiger charge is -2.43. The van der Waals surface area contributed by atoms with Crippen LogP contribution in [0, 0.1) is 23.7 Å². The summed E-state index contributed by atoms with van der Waals surface area (Å²) < 4.78 is 6.19. The number of piperidine rings is 1. The van der Waals surface area contributed by atoms with E-state index in [1.807, 2.05) is 27.7 Å². The normalized spacial score (nSPS) is 28.0. The number of ether oxygens (including phenoxy) is 1. The topological polar surface area (TPSA) is 287 Å². The predicted octanol–water partition coefficient (Wildman–Crippen LogP) is 0.206. The molecule has 366 valence electrons. The van der Waals surface area contributed by atoms with Crippen LogP contribution in [0.25, 0.3) is 0 Å². The van der Waals surface area contributed by atoms with Crippen molar-refractivity contribution in [1.82, 2.24) is 36.0 Å². The highest BCUT2D eigenvalue weighted by molar-refractivity contribution is 5.98. The molecular formula is C46H70N8O12. The number of likely N-dealkylation sites (tertiary alicyclic amines) is 1. The van der Waals surface area contributed by atoms with Gasteiger partial charge in [0.15, 0.2) is 0 Å². The molecule has 3 heterocycles. The number of aliphatic hydroxyl groups is 1. The van der Waals surface area contributed by atoms with Crippen LogP contribution in [0.2, 0.25) is 0 Å². The monoisotopic (exact) mass is 927 g/mol. The number of hydrogen-bond acceptors (Lipinski definition) is 12. The van der Waals surface area contributed by atoms with Crippen molar-refractivity contribution in [1.29, 1.82) is 0 Å². The maximum absolute atomic E-state index is 14.8. The molecule has 20 heteroatoms. The first-order valence-electron chi connectivity index (χ1n) is 23.0. The molecule has 0 radical (unpaired) electrons. The molecule has 0 saturated carbocycles. The van der Waals surface area contributed by atoms with Gasteiger partial charge in [0.05, 0.1) is 0 Å². The molecule has 3 saturated heterocycles. The highest BCUT2D eigenvalue weighted by Crippen LogP contribution is 2.31. The molecule has 66 heavy (non-hydrogen) atoms. The largest absolute Gasteiger partial charge is 0.508 e. The second-order valence-electron chi connectivity index (χ2n) is 19.0. The van der Waals surface area contributed by atoms with Crippen LogP contribution in [0.15, 0.2) is 24.3 Å². The Morgan fingerprint density at radius 3 is 2.09 bits per heavy atom. The number of benzene rings is 1. The van der Waals surface area contributed by atoms with E-state index in [2.05, 4.69) is 21.3 Å². The summed E-state index contributed by atoms with van der Waals surface area (Å²) in [6.45, 7) is 13.4. The third kappa shape index (κ3) is 13.2. The molecule has 20 nitrogen and oxygen atoms in total. The second-order valence-corrected chi connectivity index (χ2v) is 19.0. The number of nitrogens with two attached hydrogens (primary N) is 1. The summed E-state index contributed by atoms with van der Waals surface area (Å²) in [7, 11) is 1.39. The summed E-state index contributed by atoms with van der Waals surface area (Å²) in [6.07, 6.45) is -2.98. The number of likely N-dealkylation sites (N-methyl/N-ethyl adjacent to an activating group) is 1. The van der Waals surface area contributed by atoms with Gasteiger partial charge in [0, 0.05) is 39.3 Å². The fraction of sp³-hybridized carbons (Fsp3) is 0.674. The first kappa shape index (κ1) is 52.8. The molecule has 1 aromatic carbocycles. The Kier molecular flexibility index (Phi) is 18.5.